The van der Waals surface area contributed by atoms with Crippen molar-refractivity contribution >= 4 is 23.4 Å². The van der Waals surface area contributed by atoms with Crippen LogP contribution in [0, 0.1) is 0 Å². The molecule has 0 saturated carbocycles. The van der Waals surface area contributed by atoms with E-state index in [0.717, 1.165) is 6.42 Å². The number of halogens is 1. The van der Waals surface area contributed by atoms with Gasteiger partial charge in [0.15, 0.2) is 6.10 Å². The maximum Gasteiger partial charge on any atom is 0.263 e. The van der Waals surface area contributed by atoms with Gasteiger partial charge in [-0.15, -0.1) is 0 Å². The summed E-state index contributed by atoms with van der Waals surface area (Å²) in [5, 5.41) is 3.26. The molecule has 1 aromatic rings. The van der Waals surface area contributed by atoms with Gasteiger partial charge in [-0.05, 0) is 31.5 Å². The molecule has 7 heteroatoms. The zero-order valence-corrected chi connectivity index (χ0v) is 14.4. The lowest BCUT2D eigenvalue weighted by atomic mass is 10.3. The number of carbonyl (C=O) groups is 2. The van der Waals surface area contributed by atoms with E-state index in [9.17, 15) is 9.59 Å². The van der Waals surface area contributed by atoms with E-state index < -0.39 is 6.10 Å². The van der Waals surface area contributed by atoms with Gasteiger partial charge >= 0.3 is 0 Å². The van der Waals surface area contributed by atoms with Gasteiger partial charge in [0.25, 0.3) is 5.91 Å². The van der Waals surface area contributed by atoms with Crippen molar-refractivity contribution < 1.29 is 19.1 Å². The average Bonchev–Trinajstić information content (AvgIpc) is 2.50. The summed E-state index contributed by atoms with van der Waals surface area (Å²) in [5.74, 6) is 0.0136. The highest BCUT2D eigenvalue weighted by molar-refractivity contribution is 6.30. The van der Waals surface area contributed by atoms with Gasteiger partial charge in [0.05, 0.1) is 6.54 Å². The Morgan fingerprint density at radius 2 is 2.13 bits per heavy atom. The Morgan fingerprint density at radius 3 is 2.78 bits per heavy atom. The Labute approximate surface area is 141 Å². The van der Waals surface area contributed by atoms with E-state index in [2.05, 4.69) is 5.32 Å². The first-order chi connectivity index (χ1) is 10.9. The van der Waals surface area contributed by atoms with Gasteiger partial charge in [-0.2, -0.15) is 0 Å². The molecule has 1 N–H and O–H groups in total. The molecular formula is C16H23ClN2O4. The van der Waals surface area contributed by atoms with Crippen LogP contribution in [0.4, 0.5) is 0 Å². The molecule has 0 fully saturated rings. The normalized spacial score (nSPS) is 11.7. The number of hydrogen-bond donors (Lipinski definition) is 1. The monoisotopic (exact) mass is 342 g/mol. The molecule has 0 bridgehead atoms. The Balaban J connectivity index is 2.41. The Hall–Kier alpha value is -1.79. The number of likely N-dealkylation sites (N-methyl/N-ethyl adjacent to an activating group) is 1. The lowest BCUT2D eigenvalue weighted by Crippen LogP contribution is -2.43. The average molecular weight is 343 g/mol. The van der Waals surface area contributed by atoms with E-state index in [-0.39, 0.29) is 18.4 Å². The summed E-state index contributed by atoms with van der Waals surface area (Å²) in [6, 6.07) is 6.82. The lowest BCUT2D eigenvalue weighted by Gasteiger charge is -2.21. The van der Waals surface area contributed by atoms with Crippen LogP contribution in [-0.2, 0) is 14.3 Å². The number of rotatable bonds is 9. The third-order valence-corrected chi connectivity index (χ3v) is 3.30. The molecule has 1 rings (SSSR count). The molecule has 0 spiro atoms. The zero-order valence-electron chi connectivity index (χ0n) is 13.7. The van der Waals surface area contributed by atoms with Crippen LogP contribution in [0.1, 0.15) is 13.3 Å². The molecule has 1 atom stereocenters. The van der Waals surface area contributed by atoms with Crippen molar-refractivity contribution in [2.24, 2.45) is 0 Å². The van der Waals surface area contributed by atoms with Crippen molar-refractivity contribution in [2.45, 2.75) is 19.4 Å². The molecule has 0 aliphatic carbocycles. The van der Waals surface area contributed by atoms with Crippen LogP contribution in [0.5, 0.6) is 5.75 Å². The molecule has 0 aliphatic heterocycles. The smallest absolute Gasteiger partial charge is 0.263 e. The standard InChI is InChI=1S/C16H23ClN2O4/c1-12(23-14-7-4-6-13(17)10-14)16(21)19(2)11-15(20)18-8-5-9-22-3/h4,6-7,10,12H,5,8-9,11H2,1-3H3,(H,18,20)/t12-/m0/s1. The van der Waals surface area contributed by atoms with Gasteiger partial charge in [-0.25, -0.2) is 0 Å². The van der Waals surface area contributed by atoms with Gasteiger partial charge < -0.3 is 19.7 Å². The Morgan fingerprint density at radius 1 is 1.39 bits per heavy atom. The molecular weight excluding hydrogens is 320 g/mol. The summed E-state index contributed by atoms with van der Waals surface area (Å²) >= 11 is 5.87. The van der Waals surface area contributed by atoms with E-state index in [0.29, 0.717) is 23.9 Å². The minimum atomic E-state index is -0.709. The van der Waals surface area contributed by atoms with Crippen LogP contribution in [-0.4, -0.2) is 56.7 Å². The van der Waals surface area contributed by atoms with Crippen LogP contribution >= 0.6 is 11.6 Å². The maximum absolute atomic E-state index is 12.2. The molecule has 0 aliphatic rings. The molecule has 128 valence electrons. The van der Waals surface area contributed by atoms with Crippen molar-refractivity contribution in [3.8, 4) is 5.75 Å². The fraction of sp³-hybridized carbons (Fsp3) is 0.500. The SMILES string of the molecule is COCCCNC(=O)CN(C)C(=O)[C@H](C)Oc1cccc(Cl)c1. The summed E-state index contributed by atoms with van der Waals surface area (Å²) in [4.78, 5) is 25.3. The first kappa shape index (κ1) is 19.3. The molecule has 6 nitrogen and oxygen atoms in total. The third-order valence-electron chi connectivity index (χ3n) is 3.06. The first-order valence-electron chi connectivity index (χ1n) is 7.37. The van der Waals surface area contributed by atoms with Crippen molar-refractivity contribution in [3.05, 3.63) is 29.3 Å². The molecule has 0 heterocycles. The molecule has 23 heavy (non-hydrogen) atoms. The van der Waals surface area contributed by atoms with E-state index in [4.69, 9.17) is 21.1 Å². The molecule has 0 saturated heterocycles. The number of nitrogens with one attached hydrogen (secondary N) is 1. The lowest BCUT2D eigenvalue weighted by molar-refractivity contribution is -0.139. The second-order valence-corrected chi connectivity index (χ2v) is 5.54. The van der Waals surface area contributed by atoms with Crippen molar-refractivity contribution in [2.75, 3.05) is 33.9 Å². The molecule has 0 aromatic heterocycles. The van der Waals surface area contributed by atoms with E-state index in [1.54, 1.807) is 45.3 Å². The zero-order chi connectivity index (χ0) is 17.2. The Kier molecular flexibility index (Phi) is 8.43. The van der Waals surface area contributed by atoms with Crippen LogP contribution < -0.4 is 10.1 Å². The number of nitrogens with zero attached hydrogens (tertiary/aromatic N) is 1. The largest absolute Gasteiger partial charge is 0.481 e. The van der Waals surface area contributed by atoms with Gasteiger partial charge in [0.1, 0.15) is 5.75 Å². The fourth-order valence-electron chi connectivity index (χ4n) is 1.90. The quantitative estimate of drug-likeness (QED) is 0.694. The van der Waals surface area contributed by atoms with E-state index >= 15 is 0 Å². The second-order valence-electron chi connectivity index (χ2n) is 5.11. The predicted octanol–water partition coefficient (Wildman–Crippen LogP) is 1.72. The number of methoxy groups -OCH3 is 1. The van der Waals surface area contributed by atoms with Crippen molar-refractivity contribution in [3.63, 3.8) is 0 Å². The fourth-order valence-corrected chi connectivity index (χ4v) is 2.08. The predicted molar refractivity (Wildman–Crippen MR) is 88.7 cm³/mol. The van der Waals surface area contributed by atoms with Crippen LogP contribution in [0.2, 0.25) is 5.02 Å². The van der Waals surface area contributed by atoms with Gasteiger partial charge in [0, 0.05) is 32.3 Å². The highest BCUT2D eigenvalue weighted by atomic mass is 35.5. The van der Waals surface area contributed by atoms with Crippen LogP contribution in [0.15, 0.2) is 24.3 Å². The van der Waals surface area contributed by atoms with Crippen molar-refractivity contribution in [1.82, 2.24) is 10.2 Å². The maximum atomic E-state index is 12.2. The summed E-state index contributed by atoms with van der Waals surface area (Å²) in [6.45, 7) is 2.72. The highest BCUT2D eigenvalue weighted by Crippen LogP contribution is 2.18. The van der Waals surface area contributed by atoms with Crippen LogP contribution in [0.25, 0.3) is 0 Å². The summed E-state index contributed by atoms with van der Waals surface area (Å²) in [5.41, 5.74) is 0. The summed E-state index contributed by atoms with van der Waals surface area (Å²) in [7, 11) is 3.17. The Bertz CT molecular complexity index is 525. The molecule has 0 unspecified atom stereocenters. The number of ether oxygens (including phenoxy) is 2. The highest BCUT2D eigenvalue weighted by Gasteiger charge is 2.21. The third kappa shape index (κ3) is 7.34. The summed E-state index contributed by atoms with van der Waals surface area (Å²) < 4.78 is 10.4. The van der Waals surface area contributed by atoms with Gasteiger partial charge in [-0.1, -0.05) is 17.7 Å². The topological polar surface area (TPSA) is 67.9 Å². The first-order valence-corrected chi connectivity index (χ1v) is 7.74. The second kappa shape index (κ2) is 10.1. The van der Waals surface area contributed by atoms with Gasteiger partial charge in [-0.3, -0.25) is 9.59 Å². The van der Waals surface area contributed by atoms with E-state index in [1.165, 1.54) is 4.90 Å². The van der Waals surface area contributed by atoms with Gasteiger partial charge in [0.2, 0.25) is 5.91 Å². The number of benzene rings is 1. The number of hydrogen-bond acceptors (Lipinski definition) is 4. The molecule has 2 amide bonds. The molecule has 1 aromatic carbocycles. The number of amides is 2. The molecule has 0 radical (unpaired) electrons. The minimum Gasteiger partial charge on any atom is -0.481 e. The minimum absolute atomic E-state index is 0.0188. The van der Waals surface area contributed by atoms with Crippen molar-refractivity contribution in [1.29, 1.82) is 0 Å². The van der Waals surface area contributed by atoms with Crippen LogP contribution in [0.3, 0.4) is 0 Å². The summed E-state index contributed by atoms with van der Waals surface area (Å²) in [6.07, 6.45) is 0.0218. The van der Waals surface area contributed by atoms with E-state index in [1.807, 2.05) is 0 Å². The number of carbonyl (C=O) groups excluding carboxylic acids is 2.